The van der Waals surface area contributed by atoms with Gasteiger partial charge in [0.05, 0.1) is 11.4 Å². The summed E-state index contributed by atoms with van der Waals surface area (Å²) in [7, 11) is 2.20. The quantitative estimate of drug-likeness (QED) is 0.576. The van der Waals surface area contributed by atoms with E-state index in [0.29, 0.717) is 5.92 Å². The fourth-order valence-electron chi connectivity index (χ4n) is 4.25. The van der Waals surface area contributed by atoms with Gasteiger partial charge in [-0.1, -0.05) is 24.3 Å². The first-order chi connectivity index (χ1) is 13.2. The lowest BCUT2D eigenvalue weighted by molar-refractivity contribution is 0.295. The minimum Gasteiger partial charge on any atom is -0.361 e. The molecule has 0 saturated carbocycles. The van der Waals surface area contributed by atoms with Gasteiger partial charge in [-0.15, -0.1) is 0 Å². The van der Waals surface area contributed by atoms with E-state index in [0.717, 1.165) is 30.0 Å². The maximum atomic E-state index is 4.54. The van der Waals surface area contributed by atoms with Crippen molar-refractivity contribution in [3.05, 3.63) is 83.4 Å². The van der Waals surface area contributed by atoms with Crippen LogP contribution in [0.3, 0.4) is 0 Å². The second-order valence-corrected chi connectivity index (χ2v) is 7.48. The summed E-state index contributed by atoms with van der Waals surface area (Å²) in [5.74, 6) is 0.378. The highest BCUT2D eigenvalue weighted by atomic mass is 15.1. The van der Waals surface area contributed by atoms with Crippen molar-refractivity contribution >= 4 is 10.9 Å². The number of benzene rings is 2. The zero-order valence-corrected chi connectivity index (χ0v) is 15.6. The molecule has 5 rings (SSSR count). The van der Waals surface area contributed by atoms with Crippen LogP contribution in [0.4, 0.5) is 0 Å². The predicted octanol–water partition coefficient (Wildman–Crippen LogP) is 4.51. The van der Waals surface area contributed by atoms with E-state index < -0.39 is 0 Å². The molecule has 1 atom stereocenters. The monoisotopic (exact) mass is 354 g/mol. The Morgan fingerprint density at radius 3 is 2.81 bits per heavy atom. The second-order valence-electron chi connectivity index (χ2n) is 7.48. The van der Waals surface area contributed by atoms with Gasteiger partial charge in [-0.2, -0.15) is 0 Å². The minimum absolute atomic E-state index is 0.378. The fourth-order valence-corrected chi connectivity index (χ4v) is 4.25. The van der Waals surface area contributed by atoms with E-state index in [1.807, 2.05) is 13.1 Å². The highest BCUT2D eigenvalue weighted by Crippen LogP contribution is 2.36. The Kier molecular flexibility index (Phi) is 3.80. The Labute approximate surface area is 158 Å². The Morgan fingerprint density at radius 1 is 1.04 bits per heavy atom. The number of hydrogen-bond donors (Lipinski definition) is 1. The molecular weight excluding hydrogens is 332 g/mol. The molecule has 0 bridgehead atoms. The third kappa shape index (κ3) is 2.82. The normalized spacial score (nSPS) is 17.2. The molecule has 1 unspecified atom stereocenters. The molecule has 1 N–H and O–H groups in total. The van der Waals surface area contributed by atoms with E-state index in [4.69, 9.17) is 0 Å². The molecule has 3 heterocycles. The van der Waals surface area contributed by atoms with Crippen LogP contribution in [-0.2, 0) is 6.54 Å². The van der Waals surface area contributed by atoms with Crippen molar-refractivity contribution in [2.24, 2.45) is 0 Å². The van der Waals surface area contributed by atoms with Gasteiger partial charge in [-0.3, -0.25) is 9.97 Å². The molecule has 0 aliphatic carbocycles. The first-order valence-corrected chi connectivity index (χ1v) is 9.35. The fraction of sp³-hybridized carbons (Fsp3) is 0.217. The molecule has 134 valence electrons. The molecule has 1 aliphatic heterocycles. The number of hydrogen-bond acceptors (Lipinski definition) is 3. The highest BCUT2D eigenvalue weighted by Gasteiger charge is 2.25. The average Bonchev–Trinajstić information content (AvgIpc) is 3.15. The summed E-state index contributed by atoms with van der Waals surface area (Å²) in [6.45, 7) is 4.01. The van der Waals surface area contributed by atoms with E-state index in [1.165, 1.54) is 27.6 Å². The third-order valence-corrected chi connectivity index (χ3v) is 5.59. The lowest BCUT2D eigenvalue weighted by atomic mass is 9.83. The van der Waals surface area contributed by atoms with Crippen molar-refractivity contribution in [2.75, 3.05) is 13.6 Å². The van der Waals surface area contributed by atoms with Crippen LogP contribution in [0.5, 0.6) is 0 Å². The molecule has 1 aliphatic rings. The summed E-state index contributed by atoms with van der Waals surface area (Å²) in [5, 5.41) is 1.26. The van der Waals surface area contributed by atoms with Gasteiger partial charge in [0.15, 0.2) is 0 Å². The Balaban J connectivity index is 1.60. The molecule has 0 saturated heterocycles. The van der Waals surface area contributed by atoms with Crippen LogP contribution in [0.2, 0.25) is 0 Å². The van der Waals surface area contributed by atoms with Crippen molar-refractivity contribution in [3.8, 4) is 11.3 Å². The van der Waals surface area contributed by atoms with Crippen LogP contribution in [0, 0.1) is 6.92 Å². The summed E-state index contributed by atoms with van der Waals surface area (Å²) in [5.41, 5.74) is 8.45. The van der Waals surface area contributed by atoms with Crippen LogP contribution < -0.4 is 0 Å². The number of likely N-dealkylation sites (N-methyl/N-ethyl adjacent to an activating group) is 1. The molecule has 2 aromatic carbocycles. The largest absolute Gasteiger partial charge is 0.361 e. The summed E-state index contributed by atoms with van der Waals surface area (Å²) in [4.78, 5) is 14.7. The minimum atomic E-state index is 0.378. The van der Waals surface area contributed by atoms with E-state index in [1.54, 1.807) is 12.4 Å². The van der Waals surface area contributed by atoms with Crippen LogP contribution in [0.25, 0.3) is 22.2 Å². The van der Waals surface area contributed by atoms with E-state index in [-0.39, 0.29) is 0 Å². The number of aryl methyl sites for hydroxylation is 1. The Morgan fingerprint density at radius 2 is 1.93 bits per heavy atom. The van der Waals surface area contributed by atoms with Gasteiger partial charge in [0.25, 0.3) is 0 Å². The van der Waals surface area contributed by atoms with Crippen LogP contribution >= 0.6 is 0 Å². The lowest BCUT2D eigenvalue weighted by Crippen LogP contribution is -2.31. The van der Waals surface area contributed by atoms with Gasteiger partial charge in [0.2, 0.25) is 0 Å². The highest BCUT2D eigenvalue weighted by molar-refractivity contribution is 5.80. The summed E-state index contributed by atoms with van der Waals surface area (Å²) < 4.78 is 0. The first-order valence-electron chi connectivity index (χ1n) is 9.35. The molecule has 0 fully saturated rings. The first kappa shape index (κ1) is 16.2. The Hall–Kier alpha value is -2.98. The van der Waals surface area contributed by atoms with Crippen molar-refractivity contribution in [1.82, 2.24) is 19.9 Å². The molecule has 4 nitrogen and oxygen atoms in total. The standard InChI is InChI=1S/C23H22N4/c1-15-23(26-10-9-24-15)18-5-6-20-19(11-18)13-27(2)14-21(20)17-4-3-16-7-8-25-22(16)12-17/h3-12,21,25H,13-14H2,1-2H3. The van der Waals surface area contributed by atoms with Crippen molar-refractivity contribution < 1.29 is 0 Å². The lowest BCUT2D eigenvalue weighted by Gasteiger charge is -2.33. The van der Waals surface area contributed by atoms with Gasteiger partial charge >= 0.3 is 0 Å². The number of aromatic nitrogens is 3. The van der Waals surface area contributed by atoms with Crippen molar-refractivity contribution in [2.45, 2.75) is 19.4 Å². The predicted molar refractivity (Wildman–Crippen MR) is 109 cm³/mol. The SMILES string of the molecule is Cc1nccnc1-c1ccc2c(c1)CN(C)CC2c1ccc2cc[nH]c2c1. The summed E-state index contributed by atoms with van der Waals surface area (Å²) in [6.07, 6.45) is 5.52. The summed E-state index contributed by atoms with van der Waals surface area (Å²) in [6, 6.07) is 15.7. The maximum Gasteiger partial charge on any atom is 0.0914 e. The van der Waals surface area contributed by atoms with E-state index >= 15 is 0 Å². The molecule has 0 radical (unpaired) electrons. The molecule has 2 aromatic heterocycles. The van der Waals surface area contributed by atoms with E-state index in [2.05, 4.69) is 69.4 Å². The molecule has 4 aromatic rings. The number of nitrogens with one attached hydrogen (secondary N) is 1. The van der Waals surface area contributed by atoms with Gasteiger partial charge < -0.3 is 9.88 Å². The van der Waals surface area contributed by atoms with Crippen LogP contribution in [0.15, 0.2) is 61.1 Å². The van der Waals surface area contributed by atoms with Crippen LogP contribution in [0.1, 0.15) is 28.3 Å². The van der Waals surface area contributed by atoms with Gasteiger partial charge in [0.1, 0.15) is 0 Å². The number of aromatic amines is 1. The zero-order valence-electron chi connectivity index (χ0n) is 15.6. The number of rotatable bonds is 2. The summed E-state index contributed by atoms with van der Waals surface area (Å²) >= 11 is 0. The zero-order chi connectivity index (χ0) is 18.4. The number of fused-ring (bicyclic) bond motifs is 2. The van der Waals surface area contributed by atoms with Gasteiger partial charge in [-0.25, -0.2) is 0 Å². The Bertz CT molecular complexity index is 1130. The number of nitrogens with zero attached hydrogens (tertiary/aromatic N) is 3. The topological polar surface area (TPSA) is 44.8 Å². The smallest absolute Gasteiger partial charge is 0.0914 e. The van der Waals surface area contributed by atoms with Crippen molar-refractivity contribution in [1.29, 1.82) is 0 Å². The second kappa shape index (κ2) is 6.32. The molecule has 4 heteroatoms. The van der Waals surface area contributed by atoms with Crippen LogP contribution in [-0.4, -0.2) is 33.4 Å². The molecule has 27 heavy (non-hydrogen) atoms. The molecule has 0 spiro atoms. The average molecular weight is 354 g/mol. The maximum absolute atomic E-state index is 4.54. The van der Waals surface area contributed by atoms with Crippen molar-refractivity contribution in [3.63, 3.8) is 0 Å². The van der Waals surface area contributed by atoms with Gasteiger partial charge in [-0.05, 0) is 54.2 Å². The number of H-pyrrole nitrogens is 1. The third-order valence-electron chi connectivity index (χ3n) is 5.59. The van der Waals surface area contributed by atoms with E-state index in [9.17, 15) is 0 Å². The molecular formula is C23H22N4. The van der Waals surface area contributed by atoms with Gasteiger partial charge in [0, 0.05) is 48.7 Å². The molecule has 0 amide bonds.